The molecule has 0 atom stereocenters. The van der Waals surface area contributed by atoms with Crippen molar-refractivity contribution in [2.45, 2.75) is 31.0 Å². The molecule has 0 amide bonds. The van der Waals surface area contributed by atoms with Crippen LogP contribution in [0.2, 0.25) is 0 Å². The number of nitrogens with two attached hydrogens (primary N) is 1. The number of anilines is 1. The van der Waals surface area contributed by atoms with Crippen molar-refractivity contribution in [2.75, 3.05) is 12.8 Å². The van der Waals surface area contributed by atoms with Crippen LogP contribution in [0, 0.1) is 20.8 Å². The summed E-state index contributed by atoms with van der Waals surface area (Å²) in [5.74, 6) is 0.359. The van der Waals surface area contributed by atoms with Crippen LogP contribution in [0.5, 0.6) is 5.88 Å². The zero-order valence-electron chi connectivity index (χ0n) is 11.3. The molecule has 0 aliphatic carbocycles. The first-order valence-electron chi connectivity index (χ1n) is 5.67. The molecule has 0 aliphatic rings. The second-order valence-electron chi connectivity index (χ2n) is 4.01. The van der Waals surface area contributed by atoms with Crippen LogP contribution >= 0.6 is 11.8 Å². The van der Waals surface area contributed by atoms with Crippen LogP contribution < -0.4 is 10.5 Å². The van der Waals surface area contributed by atoms with Crippen LogP contribution in [-0.4, -0.2) is 27.0 Å². The van der Waals surface area contributed by atoms with E-state index in [-0.39, 0.29) is 0 Å². The summed E-state index contributed by atoms with van der Waals surface area (Å²) in [6, 6.07) is 0. The minimum atomic E-state index is 0.359. The Labute approximate surface area is 115 Å². The second kappa shape index (κ2) is 5.40. The van der Waals surface area contributed by atoms with Gasteiger partial charge in [0.15, 0.2) is 5.16 Å². The predicted molar refractivity (Wildman–Crippen MR) is 73.4 cm³/mol. The molecule has 100 valence electrons. The highest BCUT2D eigenvalue weighted by atomic mass is 32.2. The minimum Gasteiger partial charge on any atom is -0.479 e. The number of nitrogens with zero attached hydrogens (tertiary/aromatic N) is 4. The molecular formula is C12H15N5OS. The molecule has 19 heavy (non-hydrogen) atoms. The summed E-state index contributed by atoms with van der Waals surface area (Å²) in [6.07, 6.45) is 1.41. The lowest BCUT2D eigenvalue weighted by Crippen LogP contribution is -2.01. The molecule has 7 heteroatoms. The molecule has 0 radical (unpaired) electrons. The van der Waals surface area contributed by atoms with Crippen molar-refractivity contribution in [3.63, 3.8) is 0 Å². The van der Waals surface area contributed by atoms with Crippen molar-refractivity contribution in [2.24, 2.45) is 0 Å². The number of nitrogen functional groups attached to an aromatic ring is 1. The number of aryl methyl sites for hydroxylation is 2. The van der Waals surface area contributed by atoms with E-state index in [0.29, 0.717) is 21.7 Å². The molecule has 2 N–H and O–H groups in total. The highest BCUT2D eigenvalue weighted by molar-refractivity contribution is 7.99. The first-order chi connectivity index (χ1) is 9.02. The zero-order valence-corrected chi connectivity index (χ0v) is 12.1. The molecule has 2 aromatic heterocycles. The lowest BCUT2D eigenvalue weighted by atomic mass is 10.2. The van der Waals surface area contributed by atoms with Crippen molar-refractivity contribution < 1.29 is 4.74 Å². The monoisotopic (exact) mass is 277 g/mol. The maximum atomic E-state index is 5.92. The Bertz CT molecular complexity index is 594. The molecular weight excluding hydrogens is 262 g/mol. The lowest BCUT2D eigenvalue weighted by molar-refractivity contribution is 0.397. The van der Waals surface area contributed by atoms with Gasteiger partial charge in [0.05, 0.1) is 7.11 Å². The average molecular weight is 277 g/mol. The first kappa shape index (κ1) is 13.5. The Morgan fingerprint density at radius 2 is 1.74 bits per heavy atom. The van der Waals surface area contributed by atoms with E-state index in [2.05, 4.69) is 19.9 Å². The molecule has 0 aromatic carbocycles. The number of rotatable bonds is 3. The van der Waals surface area contributed by atoms with Gasteiger partial charge in [0.2, 0.25) is 5.88 Å². The van der Waals surface area contributed by atoms with E-state index in [4.69, 9.17) is 10.5 Å². The molecule has 0 saturated carbocycles. The molecule has 0 bridgehead atoms. The summed E-state index contributed by atoms with van der Waals surface area (Å²) in [5.41, 5.74) is 9.32. The van der Waals surface area contributed by atoms with Crippen molar-refractivity contribution in [1.29, 1.82) is 0 Å². The van der Waals surface area contributed by atoms with Crippen LogP contribution in [0.1, 0.15) is 17.0 Å². The molecule has 0 unspecified atom stereocenters. The van der Waals surface area contributed by atoms with Crippen LogP contribution in [0.3, 0.4) is 0 Å². The third-order valence-electron chi connectivity index (χ3n) is 2.80. The van der Waals surface area contributed by atoms with Crippen LogP contribution in [-0.2, 0) is 0 Å². The fourth-order valence-corrected chi connectivity index (χ4v) is 2.32. The highest BCUT2D eigenvalue weighted by Crippen LogP contribution is 2.32. The molecule has 6 nitrogen and oxygen atoms in total. The van der Waals surface area contributed by atoms with E-state index in [1.807, 2.05) is 20.8 Å². The smallest absolute Gasteiger partial charge is 0.241 e. The van der Waals surface area contributed by atoms with Gasteiger partial charge in [-0.15, -0.1) is 0 Å². The Balaban J connectivity index is 2.36. The quantitative estimate of drug-likeness (QED) is 0.677. The maximum absolute atomic E-state index is 5.92. The van der Waals surface area contributed by atoms with Gasteiger partial charge >= 0.3 is 0 Å². The normalized spacial score (nSPS) is 10.5. The number of hydrogen-bond acceptors (Lipinski definition) is 7. The lowest BCUT2D eigenvalue weighted by Gasteiger charge is -2.08. The van der Waals surface area contributed by atoms with Crippen molar-refractivity contribution >= 4 is 17.4 Å². The van der Waals surface area contributed by atoms with E-state index < -0.39 is 0 Å². The van der Waals surface area contributed by atoms with Gasteiger partial charge in [-0.2, -0.15) is 4.98 Å². The van der Waals surface area contributed by atoms with Crippen molar-refractivity contribution in [3.05, 3.63) is 23.3 Å². The van der Waals surface area contributed by atoms with Gasteiger partial charge in [-0.3, -0.25) is 0 Å². The summed E-state index contributed by atoms with van der Waals surface area (Å²) in [7, 11) is 1.52. The SMILES string of the molecule is COc1ncnc(Sc2nc(C)c(C)c(C)n2)c1N. The van der Waals surface area contributed by atoms with Crippen molar-refractivity contribution in [1.82, 2.24) is 19.9 Å². The number of methoxy groups -OCH3 is 1. The van der Waals surface area contributed by atoms with Crippen LogP contribution in [0.15, 0.2) is 16.5 Å². The van der Waals surface area contributed by atoms with Gasteiger partial charge in [-0.05, 0) is 38.1 Å². The molecule has 2 heterocycles. The molecule has 0 fully saturated rings. The van der Waals surface area contributed by atoms with E-state index in [0.717, 1.165) is 17.0 Å². The third kappa shape index (κ3) is 2.76. The summed E-state index contributed by atoms with van der Waals surface area (Å²) in [6.45, 7) is 5.91. The largest absolute Gasteiger partial charge is 0.479 e. The first-order valence-corrected chi connectivity index (χ1v) is 6.48. The Morgan fingerprint density at radius 1 is 1.11 bits per heavy atom. The Kier molecular flexibility index (Phi) is 3.84. The van der Waals surface area contributed by atoms with Gasteiger partial charge in [-0.25, -0.2) is 15.0 Å². The van der Waals surface area contributed by atoms with E-state index in [1.54, 1.807) is 0 Å². The molecule has 2 rings (SSSR count). The summed E-state index contributed by atoms with van der Waals surface area (Å²) in [5, 5.41) is 1.21. The van der Waals surface area contributed by atoms with Gasteiger partial charge < -0.3 is 10.5 Å². The highest BCUT2D eigenvalue weighted by Gasteiger charge is 2.13. The average Bonchev–Trinajstić information content (AvgIpc) is 2.38. The van der Waals surface area contributed by atoms with Gasteiger partial charge in [0.25, 0.3) is 0 Å². The second-order valence-corrected chi connectivity index (χ2v) is 4.96. The Morgan fingerprint density at radius 3 is 2.32 bits per heavy atom. The van der Waals surface area contributed by atoms with Gasteiger partial charge in [0, 0.05) is 11.4 Å². The number of ether oxygens (including phenoxy) is 1. The van der Waals surface area contributed by atoms with E-state index >= 15 is 0 Å². The topological polar surface area (TPSA) is 86.8 Å². The minimum absolute atomic E-state index is 0.359. The molecule has 2 aromatic rings. The summed E-state index contributed by atoms with van der Waals surface area (Å²) >= 11 is 1.30. The summed E-state index contributed by atoms with van der Waals surface area (Å²) in [4.78, 5) is 16.9. The van der Waals surface area contributed by atoms with Crippen molar-refractivity contribution in [3.8, 4) is 5.88 Å². The van der Waals surface area contributed by atoms with Crippen LogP contribution in [0.4, 0.5) is 5.69 Å². The fourth-order valence-electron chi connectivity index (χ4n) is 1.48. The molecule has 0 saturated heterocycles. The molecule has 0 aliphatic heterocycles. The maximum Gasteiger partial charge on any atom is 0.241 e. The van der Waals surface area contributed by atoms with Gasteiger partial charge in [0.1, 0.15) is 17.0 Å². The number of hydrogen-bond donors (Lipinski definition) is 1. The zero-order chi connectivity index (χ0) is 14.0. The van der Waals surface area contributed by atoms with E-state index in [1.165, 1.54) is 25.2 Å². The number of aromatic nitrogens is 4. The van der Waals surface area contributed by atoms with E-state index in [9.17, 15) is 0 Å². The van der Waals surface area contributed by atoms with Crippen LogP contribution in [0.25, 0.3) is 0 Å². The Hall–Kier alpha value is -1.89. The summed E-state index contributed by atoms with van der Waals surface area (Å²) < 4.78 is 5.06. The predicted octanol–water partition coefficient (Wildman–Crippen LogP) is 1.93. The van der Waals surface area contributed by atoms with Gasteiger partial charge in [-0.1, -0.05) is 0 Å². The standard InChI is InChI=1S/C12H15N5OS/c1-6-7(2)16-12(17-8(6)3)19-11-9(13)10(18-4)14-5-15-11/h5H,13H2,1-4H3. The third-order valence-corrected chi connectivity index (χ3v) is 3.69. The molecule has 0 spiro atoms. The fraction of sp³-hybridized carbons (Fsp3) is 0.333.